The molecule has 0 saturated carbocycles. The lowest BCUT2D eigenvalue weighted by Crippen LogP contribution is -2.18. The van der Waals surface area contributed by atoms with Gasteiger partial charge in [0.2, 0.25) is 0 Å². The average molecular weight is 220 g/mol. The standard InChI is InChI=1S/C12H20N4/c1-16-12(14-10-15-16)9-13-8-7-11-5-3-2-4-6-11/h5,10,13H,2-4,6-9H2,1H3. The molecule has 0 saturated heterocycles. The summed E-state index contributed by atoms with van der Waals surface area (Å²) in [6.45, 7) is 1.85. The van der Waals surface area contributed by atoms with Crippen LogP contribution in [-0.4, -0.2) is 21.3 Å². The van der Waals surface area contributed by atoms with Crippen molar-refractivity contribution in [2.75, 3.05) is 6.54 Å². The van der Waals surface area contributed by atoms with Gasteiger partial charge in [0.1, 0.15) is 12.2 Å². The molecule has 4 nitrogen and oxygen atoms in total. The molecular formula is C12H20N4. The van der Waals surface area contributed by atoms with Crippen LogP contribution in [-0.2, 0) is 13.6 Å². The lowest BCUT2D eigenvalue weighted by atomic mass is 9.97. The quantitative estimate of drug-likeness (QED) is 0.607. The van der Waals surface area contributed by atoms with Gasteiger partial charge in [-0.15, -0.1) is 0 Å². The Labute approximate surface area is 96.8 Å². The highest BCUT2D eigenvalue weighted by Gasteiger charge is 2.03. The number of nitrogens with zero attached hydrogens (tertiary/aromatic N) is 3. The zero-order valence-electron chi connectivity index (χ0n) is 9.95. The number of hydrogen-bond donors (Lipinski definition) is 1. The van der Waals surface area contributed by atoms with Crippen LogP contribution in [0.2, 0.25) is 0 Å². The van der Waals surface area contributed by atoms with E-state index in [-0.39, 0.29) is 0 Å². The average Bonchev–Trinajstić information content (AvgIpc) is 2.72. The van der Waals surface area contributed by atoms with Gasteiger partial charge in [0.15, 0.2) is 0 Å². The molecule has 88 valence electrons. The van der Waals surface area contributed by atoms with E-state index in [1.807, 2.05) is 11.7 Å². The molecule has 1 aliphatic rings. The van der Waals surface area contributed by atoms with E-state index < -0.39 is 0 Å². The largest absolute Gasteiger partial charge is 0.310 e. The summed E-state index contributed by atoms with van der Waals surface area (Å²) >= 11 is 0. The van der Waals surface area contributed by atoms with Crippen molar-refractivity contribution in [3.05, 3.63) is 23.8 Å². The third-order valence-corrected chi connectivity index (χ3v) is 3.10. The molecule has 2 rings (SSSR count). The SMILES string of the molecule is Cn1ncnc1CNCCC1=CCCCC1. The first-order valence-corrected chi connectivity index (χ1v) is 6.08. The number of allylic oxidation sites excluding steroid dienone is 1. The minimum absolute atomic E-state index is 0.809. The molecule has 0 radical (unpaired) electrons. The molecule has 1 aromatic rings. The lowest BCUT2D eigenvalue weighted by molar-refractivity contribution is 0.597. The first-order chi connectivity index (χ1) is 7.86. The molecule has 0 amide bonds. The maximum Gasteiger partial charge on any atom is 0.140 e. The number of aryl methyl sites for hydroxylation is 1. The summed E-state index contributed by atoms with van der Waals surface area (Å²) in [4.78, 5) is 4.17. The van der Waals surface area contributed by atoms with Crippen molar-refractivity contribution in [2.24, 2.45) is 7.05 Å². The summed E-state index contributed by atoms with van der Waals surface area (Å²) in [5.74, 6) is 0.998. The Kier molecular flexibility index (Phi) is 4.10. The number of nitrogens with one attached hydrogen (secondary N) is 1. The van der Waals surface area contributed by atoms with E-state index in [1.54, 1.807) is 11.9 Å². The maximum absolute atomic E-state index is 4.17. The highest BCUT2D eigenvalue weighted by Crippen LogP contribution is 2.19. The second kappa shape index (κ2) is 5.80. The van der Waals surface area contributed by atoms with Gasteiger partial charge in [-0.1, -0.05) is 11.6 Å². The molecule has 0 unspecified atom stereocenters. The van der Waals surface area contributed by atoms with Gasteiger partial charge in [-0.3, -0.25) is 4.68 Å². The van der Waals surface area contributed by atoms with Gasteiger partial charge in [-0.05, 0) is 38.6 Å². The van der Waals surface area contributed by atoms with Gasteiger partial charge in [0.25, 0.3) is 0 Å². The van der Waals surface area contributed by atoms with E-state index in [9.17, 15) is 0 Å². The van der Waals surface area contributed by atoms with Crippen molar-refractivity contribution in [3.8, 4) is 0 Å². The second-order valence-electron chi connectivity index (χ2n) is 4.33. The van der Waals surface area contributed by atoms with Crippen LogP contribution in [0.15, 0.2) is 18.0 Å². The summed E-state index contributed by atoms with van der Waals surface area (Å²) in [6.07, 6.45) is 10.5. The maximum atomic E-state index is 4.17. The fraction of sp³-hybridized carbons (Fsp3) is 0.667. The Hall–Kier alpha value is -1.16. The minimum atomic E-state index is 0.809. The fourth-order valence-corrected chi connectivity index (χ4v) is 2.06. The van der Waals surface area contributed by atoms with E-state index >= 15 is 0 Å². The lowest BCUT2D eigenvalue weighted by Gasteiger charge is -2.12. The molecule has 0 atom stereocenters. The molecule has 0 fully saturated rings. The highest BCUT2D eigenvalue weighted by atomic mass is 15.3. The van der Waals surface area contributed by atoms with Crippen LogP contribution in [0.4, 0.5) is 0 Å². The molecule has 1 heterocycles. The summed E-state index contributed by atoms with van der Waals surface area (Å²) in [5, 5.41) is 7.45. The van der Waals surface area contributed by atoms with E-state index in [0.29, 0.717) is 0 Å². The predicted molar refractivity (Wildman–Crippen MR) is 63.9 cm³/mol. The molecule has 1 N–H and O–H groups in total. The van der Waals surface area contributed by atoms with Gasteiger partial charge in [-0.25, -0.2) is 4.98 Å². The number of hydrogen-bond acceptors (Lipinski definition) is 3. The van der Waals surface area contributed by atoms with Crippen LogP contribution in [0.3, 0.4) is 0 Å². The molecular weight excluding hydrogens is 200 g/mol. The monoisotopic (exact) mass is 220 g/mol. The normalized spacial score (nSPS) is 16.2. The smallest absolute Gasteiger partial charge is 0.140 e. The van der Waals surface area contributed by atoms with Crippen molar-refractivity contribution in [2.45, 2.75) is 38.6 Å². The Balaban J connectivity index is 1.65. The summed E-state index contributed by atoms with van der Waals surface area (Å²) in [5.41, 5.74) is 1.62. The first-order valence-electron chi connectivity index (χ1n) is 6.08. The second-order valence-corrected chi connectivity index (χ2v) is 4.33. The topological polar surface area (TPSA) is 42.7 Å². The Morgan fingerprint density at radius 3 is 3.06 bits per heavy atom. The van der Waals surface area contributed by atoms with E-state index in [2.05, 4.69) is 21.5 Å². The van der Waals surface area contributed by atoms with Crippen LogP contribution in [0.5, 0.6) is 0 Å². The molecule has 0 spiro atoms. The first kappa shape index (κ1) is 11.3. The highest BCUT2D eigenvalue weighted by molar-refractivity contribution is 5.05. The molecule has 1 aliphatic carbocycles. The van der Waals surface area contributed by atoms with E-state index in [1.165, 1.54) is 32.1 Å². The molecule has 1 aromatic heterocycles. The van der Waals surface area contributed by atoms with Gasteiger partial charge >= 0.3 is 0 Å². The zero-order chi connectivity index (χ0) is 11.2. The Morgan fingerprint density at radius 1 is 1.44 bits per heavy atom. The fourth-order valence-electron chi connectivity index (χ4n) is 2.06. The van der Waals surface area contributed by atoms with Crippen molar-refractivity contribution in [1.29, 1.82) is 0 Å². The number of rotatable bonds is 5. The van der Waals surface area contributed by atoms with Gasteiger partial charge in [0.05, 0.1) is 6.54 Å². The minimum Gasteiger partial charge on any atom is -0.310 e. The van der Waals surface area contributed by atoms with E-state index in [4.69, 9.17) is 0 Å². The van der Waals surface area contributed by atoms with Crippen LogP contribution in [0.1, 0.15) is 37.9 Å². The van der Waals surface area contributed by atoms with Crippen LogP contribution in [0.25, 0.3) is 0 Å². The van der Waals surface area contributed by atoms with Gasteiger partial charge in [-0.2, -0.15) is 5.10 Å². The van der Waals surface area contributed by atoms with E-state index in [0.717, 1.165) is 18.9 Å². The summed E-state index contributed by atoms with van der Waals surface area (Å²) in [7, 11) is 1.92. The third-order valence-electron chi connectivity index (χ3n) is 3.10. The molecule has 0 bridgehead atoms. The van der Waals surface area contributed by atoms with Crippen molar-refractivity contribution >= 4 is 0 Å². The van der Waals surface area contributed by atoms with Crippen LogP contribution >= 0.6 is 0 Å². The molecule has 0 aromatic carbocycles. The molecule has 0 aliphatic heterocycles. The zero-order valence-corrected chi connectivity index (χ0v) is 9.95. The predicted octanol–water partition coefficient (Wildman–Crippen LogP) is 1.80. The molecule has 16 heavy (non-hydrogen) atoms. The van der Waals surface area contributed by atoms with Gasteiger partial charge in [0, 0.05) is 7.05 Å². The number of aromatic nitrogens is 3. The van der Waals surface area contributed by atoms with Crippen molar-refractivity contribution in [3.63, 3.8) is 0 Å². The van der Waals surface area contributed by atoms with Crippen LogP contribution in [0, 0.1) is 0 Å². The van der Waals surface area contributed by atoms with Crippen LogP contribution < -0.4 is 5.32 Å². The van der Waals surface area contributed by atoms with Crippen molar-refractivity contribution < 1.29 is 0 Å². The Morgan fingerprint density at radius 2 is 2.38 bits per heavy atom. The Bertz CT molecular complexity index is 354. The summed E-state index contributed by atoms with van der Waals surface area (Å²) < 4.78 is 1.81. The molecule has 4 heteroatoms. The van der Waals surface area contributed by atoms with Gasteiger partial charge < -0.3 is 5.32 Å². The van der Waals surface area contributed by atoms with Crippen molar-refractivity contribution in [1.82, 2.24) is 20.1 Å². The third kappa shape index (κ3) is 3.17. The summed E-state index contributed by atoms with van der Waals surface area (Å²) in [6, 6.07) is 0.